The average Bonchev–Trinajstić information content (AvgIpc) is 3.70. The fourth-order valence-electron chi connectivity index (χ4n) is 9.88. The third-order valence-corrected chi connectivity index (χ3v) is 11.2. The van der Waals surface area contributed by atoms with Crippen molar-refractivity contribution in [1.29, 1.82) is 0 Å². The molecule has 4 saturated carbocycles. The lowest BCUT2D eigenvalue weighted by molar-refractivity contribution is -0.0571. The first-order valence-electron chi connectivity index (χ1n) is 15.9. The number of nitrogens with one attached hydrogen (secondary N) is 1. The standard InChI is InChI=1S/C35H39N3O4/c39-33(40)31-29(11-12-35-17-21-14-22(18-35)16-23(15-21)19-35)36-32(37-31)30-10-5-13-38(30)34(41)42-20-28-26-8-3-1-6-24(26)25-7-2-4-9-27(25)28/h1-4,6-9,21-23,28,30H,5,10-20H2,(H,36,37)(H,39,40). The summed E-state index contributed by atoms with van der Waals surface area (Å²) >= 11 is 0. The van der Waals surface area contributed by atoms with E-state index < -0.39 is 5.97 Å². The number of likely N-dealkylation sites (tertiary alicyclic amines) is 1. The van der Waals surface area contributed by atoms with Crippen LogP contribution in [0.4, 0.5) is 4.79 Å². The zero-order valence-corrected chi connectivity index (χ0v) is 24.1. The Balaban J connectivity index is 0.976. The number of ether oxygens (including phenoxy) is 1. The van der Waals surface area contributed by atoms with Gasteiger partial charge < -0.3 is 14.8 Å². The smallest absolute Gasteiger partial charge is 0.410 e. The molecular weight excluding hydrogens is 526 g/mol. The Morgan fingerprint density at radius 2 is 1.57 bits per heavy atom. The SMILES string of the molecule is O=C(O)c1nc(C2CCCN2C(=O)OCC2c3ccccc3-c3ccccc32)[nH]c1CCC12CC3CC(CC(C3)C1)C2. The van der Waals surface area contributed by atoms with Crippen LogP contribution >= 0.6 is 0 Å². The van der Waals surface area contributed by atoms with Crippen LogP contribution in [0, 0.1) is 23.2 Å². The van der Waals surface area contributed by atoms with Crippen molar-refractivity contribution in [2.45, 2.75) is 76.2 Å². The first-order valence-corrected chi connectivity index (χ1v) is 15.9. The maximum absolute atomic E-state index is 13.5. The van der Waals surface area contributed by atoms with Crippen molar-refractivity contribution in [2.75, 3.05) is 13.2 Å². The van der Waals surface area contributed by atoms with Gasteiger partial charge in [0.15, 0.2) is 5.69 Å². The Hall–Kier alpha value is -3.61. The molecule has 218 valence electrons. The lowest BCUT2D eigenvalue weighted by Crippen LogP contribution is -2.46. The minimum atomic E-state index is -0.997. The number of nitrogens with zero attached hydrogens (tertiary/aromatic N) is 2. The number of benzene rings is 2. The fraction of sp³-hybridized carbons (Fsp3) is 0.514. The number of imidazole rings is 1. The second-order valence-corrected chi connectivity index (χ2v) is 13.8. The van der Waals surface area contributed by atoms with Crippen LogP contribution in [0.2, 0.25) is 0 Å². The van der Waals surface area contributed by atoms with Crippen molar-refractivity contribution in [2.24, 2.45) is 23.2 Å². The molecule has 1 aromatic heterocycles. The Morgan fingerprint density at radius 1 is 0.952 bits per heavy atom. The third-order valence-electron chi connectivity index (χ3n) is 11.2. The molecule has 2 N–H and O–H groups in total. The van der Waals surface area contributed by atoms with E-state index in [9.17, 15) is 14.7 Å². The van der Waals surface area contributed by atoms with Gasteiger partial charge >= 0.3 is 12.1 Å². The van der Waals surface area contributed by atoms with E-state index in [1.54, 1.807) is 4.90 Å². The van der Waals surface area contributed by atoms with Crippen LogP contribution in [0.25, 0.3) is 11.1 Å². The van der Waals surface area contributed by atoms with Gasteiger partial charge in [0, 0.05) is 18.2 Å². The summed E-state index contributed by atoms with van der Waals surface area (Å²) in [4.78, 5) is 35.4. The van der Waals surface area contributed by atoms with Gasteiger partial charge in [-0.3, -0.25) is 4.90 Å². The number of hydrogen-bond donors (Lipinski definition) is 2. The number of aryl methyl sites for hydroxylation is 1. The van der Waals surface area contributed by atoms with E-state index in [2.05, 4.69) is 34.2 Å². The first-order chi connectivity index (χ1) is 20.5. The number of aromatic amines is 1. The molecule has 1 unspecified atom stereocenters. The number of rotatable bonds is 7. The van der Waals surface area contributed by atoms with E-state index in [0.29, 0.717) is 29.9 Å². The quantitative estimate of drug-likeness (QED) is 0.312. The van der Waals surface area contributed by atoms with Gasteiger partial charge in [-0.1, -0.05) is 48.5 Å². The molecule has 1 aliphatic heterocycles. The molecule has 6 aliphatic rings. The second-order valence-electron chi connectivity index (χ2n) is 13.8. The zero-order chi connectivity index (χ0) is 28.4. The summed E-state index contributed by atoms with van der Waals surface area (Å²) in [5.74, 6) is 2.20. The topological polar surface area (TPSA) is 95.5 Å². The molecule has 42 heavy (non-hydrogen) atoms. The number of carboxylic acids is 1. The molecule has 5 fully saturated rings. The number of H-pyrrole nitrogens is 1. The van der Waals surface area contributed by atoms with Crippen molar-refractivity contribution >= 4 is 12.1 Å². The van der Waals surface area contributed by atoms with Gasteiger partial charge in [-0.25, -0.2) is 14.6 Å². The number of carbonyl (C=O) groups excluding carboxylic acids is 1. The molecule has 2 aromatic carbocycles. The number of aromatic nitrogens is 2. The molecule has 7 heteroatoms. The number of hydrogen-bond acceptors (Lipinski definition) is 4. The van der Waals surface area contributed by atoms with Crippen LogP contribution in [0.15, 0.2) is 48.5 Å². The van der Waals surface area contributed by atoms with Gasteiger partial charge in [-0.05, 0) is 110 Å². The van der Waals surface area contributed by atoms with Crippen LogP contribution in [0.1, 0.15) is 103 Å². The fourth-order valence-corrected chi connectivity index (χ4v) is 9.88. The molecule has 1 atom stereocenters. The van der Waals surface area contributed by atoms with Crippen LogP contribution in [-0.4, -0.2) is 45.2 Å². The summed E-state index contributed by atoms with van der Waals surface area (Å²) < 4.78 is 5.97. The van der Waals surface area contributed by atoms with Crippen molar-refractivity contribution in [3.05, 3.63) is 76.9 Å². The lowest BCUT2D eigenvalue weighted by Gasteiger charge is -2.57. The summed E-state index contributed by atoms with van der Waals surface area (Å²) in [6.45, 7) is 0.845. The van der Waals surface area contributed by atoms with E-state index in [0.717, 1.165) is 37.0 Å². The molecule has 2 heterocycles. The minimum Gasteiger partial charge on any atom is -0.476 e. The number of carboxylic acid groups (broad SMARTS) is 1. The van der Waals surface area contributed by atoms with Crippen molar-refractivity contribution in [3.8, 4) is 11.1 Å². The number of carbonyl (C=O) groups is 2. The molecular formula is C35H39N3O4. The summed E-state index contributed by atoms with van der Waals surface area (Å²) in [6.07, 6.45) is 11.1. The highest BCUT2D eigenvalue weighted by Gasteiger charge is 2.50. The second kappa shape index (κ2) is 9.99. The lowest BCUT2D eigenvalue weighted by atomic mass is 9.48. The zero-order valence-electron chi connectivity index (χ0n) is 24.1. The Morgan fingerprint density at radius 3 is 2.19 bits per heavy atom. The van der Waals surface area contributed by atoms with E-state index >= 15 is 0 Å². The van der Waals surface area contributed by atoms with Gasteiger partial charge in [-0.15, -0.1) is 0 Å². The van der Waals surface area contributed by atoms with Gasteiger partial charge in [0.2, 0.25) is 0 Å². The molecule has 1 saturated heterocycles. The molecule has 3 aromatic rings. The third kappa shape index (κ3) is 4.35. The molecule has 9 rings (SSSR count). The predicted octanol–water partition coefficient (Wildman–Crippen LogP) is 7.34. The molecule has 4 bridgehead atoms. The molecule has 7 nitrogen and oxygen atoms in total. The maximum atomic E-state index is 13.5. The summed E-state index contributed by atoms with van der Waals surface area (Å²) in [7, 11) is 0. The van der Waals surface area contributed by atoms with Crippen molar-refractivity contribution < 1.29 is 19.4 Å². The Labute approximate surface area is 246 Å². The van der Waals surface area contributed by atoms with Gasteiger partial charge in [0.25, 0.3) is 0 Å². The van der Waals surface area contributed by atoms with Crippen LogP contribution in [0.5, 0.6) is 0 Å². The largest absolute Gasteiger partial charge is 0.476 e. The molecule has 5 aliphatic carbocycles. The highest BCUT2D eigenvalue weighted by molar-refractivity contribution is 5.87. The molecule has 0 radical (unpaired) electrons. The number of amides is 1. The van der Waals surface area contributed by atoms with E-state index in [-0.39, 0.29) is 30.4 Å². The summed E-state index contributed by atoms with van der Waals surface area (Å²) in [5.41, 5.74) is 5.98. The van der Waals surface area contributed by atoms with Crippen LogP contribution in [-0.2, 0) is 11.2 Å². The first kappa shape index (κ1) is 26.1. The van der Waals surface area contributed by atoms with Crippen LogP contribution in [0.3, 0.4) is 0 Å². The number of fused-ring (bicyclic) bond motifs is 3. The van der Waals surface area contributed by atoms with E-state index in [1.807, 2.05) is 24.3 Å². The maximum Gasteiger partial charge on any atom is 0.410 e. The van der Waals surface area contributed by atoms with E-state index in [1.165, 1.54) is 60.8 Å². The summed E-state index contributed by atoms with van der Waals surface area (Å²) in [5, 5.41) is 10.0. The highest BCUT2D eigenvalue weighted by atomic mass is 16.6. The molecule has 0 spiro atoms. The van der Waals surface area contributed by atoms with E-state index in [4.69, 9.17) is 4.74 Å². The van der Waals surface area contributed by atoms with Gasteiger partial charge in [0.1, 0.15) is 12.4 Å². The highest BCUT2D eigenvalue weighted by Crippen LogP contribution is 2.61. The monoisotopic (exact) mass is 565 g/mol. The van der Waals surface area contributed by atoms with Crippen LogP contribution < -0.4 is 0 Å². The van der Waals surface area contributed by atoms with Crippen molar-refractivity contribution in [3.63, 3.8) is 0 Å². The molecule has 1 amide bonds. The van der Waals surface area contributed by atoms with Crippen molar-refractivity contribution in [1.82, 2.24) is 14.9 Å². The normalized spacial score (nSPS) is 29.1. The minimum absolute atomic E-state index is 0.000755. The summed E-state index contributed by atoms with van der Waals surface area (Å²) in [6, 6.07) is 16.4. The number of aromatic carboxylic acids is 1. The Bertz CT molecular complexity index is 1460. The predicted molar refractivity (Wildman–Crippen MR) is 158 cm³/mol. The Kier molecular flexibility index (Phi) is 6.20. The average molecular weight is 566 g/mol. The van der Waals surface area contributed by atoms with Gasteiger partial charge in [-0.2, -0.15) is 0 Å². The van der Waals surface area contributed by atoms with Gasteiger partial charge in [0.05, 0.1) is 6.04 Å².